The number of amidine groups is 1. The minimum Gasteiger partial charge on any atom is -0.387 e. The van der Waals surface area contributed by atoms with Crippen molar-refractivity contribution >= 4 is 5.84 Å². The summed E-state index contributed by atoms with van der Waals surface area (Å²) in [7, 11) is 0. The van der Waals surface area contributed by atoms with Crippen molar-refractivity contribution in [1.82, 2.24) is 0 Å². The Morgan fingerprint density at radius 3 is 2.78 bits per heavy atom. The summed E-state index contributed by atoms with van der Waals surface area (Å²) in [6, 6.07) is 0. The lowest BCUT2D eigenvalue weighted by Crippen LogP contribution is -2.19. The molecule has 0 bridgehead atoms. The Bertz CT molecular complexity index is 116. The van der Waals surface area contributed by atoms with Crippen LogP contribution < -0.4 is 5.73 Å². The van der Waals surface area contributed by atoms with Crippen LogP contribution in [0.15, 0.2) is 17.8 Å². The minimum absolute atomic E-state index is 0.378. The normalized spacial score (nSPS) is 15.1. The van der Waals surface area contributed by atoms with Crippen molar-refractivity contribution < 1.29 is 0 Å². The molecule has 1 unspecified atom stereocenters. The fourth-order valence-electron chi connectivity index (χ4n) is 0.442. The number of nitrogens with two attached hydrogens (primary N) is 1. The van der Waals surface area contributed by atoms with Crippen LogP contribution in [0.25, 0.3) is 0 Å². The van der Waals surface area contributed by atoms with Crippen LogP contribution in [-0.4, -0.2) is 5.84 Å². The summed E-state index contributed by atoms with van der Waals surface area (Å²) in [5, 5.41) is 0. The average Bonchev–Trinajstić information content (AvgIpc) is 1.87. The van der Waals surface area contributed by atoms with E-state index in [0.29, 0.717) is 11.8 Å². The first-order valence-electron chi connectivity index (χ1n) is 3.16. The topological polar surface area (TPSA) is 38.4 Å². The molecule has 0 saturated carbocycles. The van der Waals surface area contributed by atoms with Crippen LogP contribution in [-0.2, 0) is 0 Å². The molecule has 0 aromatic heterocycles. The number of hydrogen-bond donors (Lipinski definition) is 1. The van der Waals surface area contributed by atoms with Gasteiger partial charge in [0.1, 0.15) is 5.84 Å². The third-order valence-electron chi connectivity index (χ3n) is 1.36. The van der Waals surface area contributed by atoms with Gasteiger partial charge in [0, 0.05) is 12.1 Å². The average molecular weight is 126 g/mol. The Morgan fingerprint density at radius 2 is 2.44 bits per heavy atom. The number of aliphatic imine (C=N–C) groups is 1. The molecule has 2 heteroatoms. The monoisotopic (exact) mass is 126 g/mol. The van der Waals surface area contributed by atoms with Gasteiger partial charge in [0.25, 0.3) is 0 Å². The van der Waals surface area contributed by atoms with Crippen LogP contribution >= 0.6 is 0 Å². The van der Waals surface area contributed by atoms with Gasteiger partial charge in [-0.3, -0.25) is 0 Å². The van der Waals surface area contributed by atoms with Gasteiger partial charge in [-0.1, -0.05) is 20.4 Å². The molecule has 0 aromatic rings. The summed E-state index contributed by atoms with van der Waals surface area (Å²) in [4.78, 5) is 3.85. The van der Waals surface area contributed by atoms with E-state index in [1.807, 2.05) is 6.92 Å². The second kappa shape index (κ2) is 4.13. The highest BCUT2D eigenvalue weighted by Gasteiger charge is 2.00. The van der Waals surface area contributed by atoms with Gasteiger partial charge in [0.05, 0.1) is 0 Å². The largest absolute Gasteiger partial charge is 0.387 e. The maximum Gasteiger partial charge on any atom is 0.102 e. The molecule has 0 aliphatic heterocycles. The van der Waals surface area contributed by atoms with E-state index in [1.165, 1.54) is 6.20 Å². The Balaban J connectivity index is 3.84. The van der Waals surface area contributed by atoms with Crippen LogP contribution in [0, 0.1) is 5.92 Å². The first-order chi connectivity index (χ1) is 4.22. The molecule has 0 radical (unpaired) electrons. The van der Waals surface area contributed by atoms with Gasteiger partial charge < -0.3 is 5.73 Å². The third kappa shape index (κ3) is 2.90. The Morgan fingerprint density at radius 1 is 1.89 bits per heavy atom. The van der Waals surface area contributed by atoms with E-state index in [-0.39, 0.29) is 0 Å². The van der Waals surface area contributed by atoms with Crippen molar-refractivity contribution in [3.8, 4) is 0 Å². The molecule has 0 amide bonds. The fourth-order valence-corrected chi connectivity index (χ4v) is 0.442. The molecule has 0 fully saturated rings. The molecule has 52 valence electrons. The fraction of sp³-hybridized carbons (Fsp3) is 0.571. The molecule has 0 aliphatic carbocycles. The smallest absolute Gasteiger partial charge is 0.102 e. The van der Waals surface area contributed by atoms with Crippen LogP contribution in [0.1, 0.15) is 20.3 Å². The second-order valence-corrected chi connectivity index (χ2v) is 2.05. The summed E-state index contributed by atoms with van der Waals surface area (Å²) in [6.45, 7) is 7.57. The maximum atomic E-state index is 5.52. The molecule has 1 atom stereocenters. The van der Waals surface area contributed by atoms with E-state index in [2.05, 4.69) is 18.5 Å². The van der Waals surface area contributed by atoms with Crippen molar-refractivity contribution in [3.05, 3.63) is 12.8 Å². The Hall–Kier alpha value is -0.790. The van der Waals surface area contributed by atoms with Crippen molar-refractivity contribution in [1.29, 1.82) is 0 Å². The van der Waals surface area contributed by atoms with Gasteiger partial charge in [0.15, 0.2) is 0 Å². The van der Waals surface area contributed by atoms with Gasteiger partial charge >= 0.3 is 0 Å². The van der Waals surface area contributed by atoms with Crippen molar-refractivity contribution in [2.24, 2.45) is 16.6 Å². The van der Waals surface area contributed by atoms with Crippen LogP contribution in [0.2, 0.25) is 0 Å². The van der Waals surface area contributed by atoms with E-state index in [9.17, 15) is 0 Å². The van der Waals surface area contributed by atoms with Gasteiger partial charge in [-0.2, -0.15) is 0 Å². The molecule has 0 spiro atoms. The Labute approximate surface area is 56.5 Å². The van der Waals surface area contributed by atoms with Crippen molar-refractivity contribution in [3.63, 3.8) is 0 Å². The number of rotatable bonds is 3. The van der Waals surface area contributed by atoms with E-state index in [4.69, 9.17) is 5.73 Å². The predicted molar refractivity (Wildman–Crippen MR) is 41.3 cm³/mol. The van der Waals surface area contributed by atoms with Crippen molar-refractivity contribution in [2.75, 3.05) is 0 Å². The van der Waals surface area contributed by atoms with Crippen LogP contribution in [0.5, 0.6) is 0 Å². The molecule has 2 N–H and O–H groups in total. The highest BCUT2D eigenvalue weighted by Crippen LogP contribution is 1.99. The quantitative estimate of drug-likeness (QED) is 0.452. The first kappa shape index (κ1) is 8.21. The first-order valence-corrected chi connectivity index (χ1v) is 3.16. The van der Waals surface area contributed by atoms with Crippen LogP contribution in [0.4, 0.5) is 0 Å². The maximum absolute atomic E-state index is 5.52. The predicted octanol–water partition coefficient (Wildman–Crippen LogP) is 1.53. The zero-order valence-corrected chi connectivity index (χ0v) is 6.09. The lowest BCUT2D eigenvalue weighted by atomic mass is 10.1. The SMILES string of the molecule is C=C/N=C(/N)C(C)CC. The van der Waals surface area contributed by atoms with E-state index >= 15 is 0 Å². The number of hydrogen-bond acceptors (Lipinski definition) is 1. The molecule has 0 saturated heterocycles. The van der Waals surface area contributed by atoms with E-state index < -0.39 is 0 Å². The van der Waals surface area contributed by atoms with Gasteiger partial charge in [-0.05, 0) is 6.42 Å². The summed E-state index contributed by atoms with van der Waals surface area (Å²) < 4.78 is 0. The van der Waals surface area contributed by atoms with Gasteiger partial charge in [-0.15, -0.1) is 0 Å². The lowest BCUT2D eigenvalue weighted by Gasteiger charge is -2.04. The molecule has 0 rings (SSSR count). The minimum atomic E-state index is 0.378. The molecular weight excluding hydrogens is 112 g/mol. The zero-order chi connectivity index (χ0) is 7.28. The standard InChI is InChI=1S/C7H14N2/c1-4-6(3)7(8)9-5-2/h5-6H,2,4H2,1,3H3,(H2,8,9). The highest BCUT2D eigenvalue weighted by molar-refractivity contribution is 5.82. The summed E-state index contributed by atoms with van der Waals surface area (Å²) in [5.41, 5.74) is 5.52. The summed E-state index contributed by atoms with van der Waals surface area (Å²) in [5.74, 6) is 1.05. The molecule has 0 aliphatic rings. The molecule has 0 heterocycles. The molecule has 2 nitrogen and oxygen atoms in total. The third-order valence-corrected chi connectivity index (χ3v) is 1.36. The molecular formula is C7H14N2. The van der Waals surface area contributed by atoms with E-state index in [0.717, 1.165) is 6.42 Å². The lowest BCUT2D eigenvalue weighted by molar-refractivity contribution is 0.732. The zero-order valence-electron chi connectivity index (χ0n) is 6.09. The molecule has 0 aromatic carbocycles. The highest BCUT2D eigenvalue weighted by atomic mass is 14.8. The van der Waals surface area contributed by atoms with E-state index in [1.54, 1.807) is 0 Å². The number of nitrogens with zero attached hydrogens (tertiary/aromatic N) is 1. The van der Waals surface area contributed by atoms with Crippen LogP contribution in [0.3, 0.4) is 0 Å². The Kier molecular flexibility index (Phi) is 3.76. The summed E-state index contributed by atoms with van der Waals surface area (Å²) in [6.07, 6.45) is 2.50. The summed E-state index contributed by atoms with van der Waals surface area (Å²) >= 11 is 0. The molecule has 9 heavy (non-hydrogen) atoms. The second-order valence-electron chi connectivity index (χ2n) is 2.05. The van der Waals surface area contributed by atoms with Gasteiger partial charge in [-0.25, -0.2) is 4.99 Å². The van der Waals surface area contributed by atoms with Gasteiger partial charge in [0.2, 0.25) is 0 Å². The van der Waals surface area contributed by atoms with Crippen molar-refractivity contribution in [2.45, 2.75) is 20.3 Å².